The Bertz CT molecular complexity index is 1220. The van der Waals surface area contributed by atoms with Crippen LogP contribution in [0.15, 0.2) is 54.6 Å². The minimum Gasteiger partial charge on any atom is -0.481 e. The molecule has 1 saturated carbocycles. The number of nitrogens with one attached hydrogen (secondary N) is 1. The van der Waals surface area contributed by atoms with E-state index < -0.39 is 24.6 Å². The maximum atomic E-state index is 13.6. The largest absolute Gasteiger partial charge is 0.481 e. The maximum absolute atomic E-state index is 13.6. The van der Waals surface area contributed by atoms with Crippen LogP contribution >= 0.6 is 0 Å². The van der Waals surface area contributed by atoms with Gasteiger partial charge in [-0.3, -0.25) is 9.59 Å². The first-order valence-corrected chi connectivity index (χ1v) is 12.5. The van der Waals surface area contributed by atoms with Crippen LogP contribution in [-0.2, 0) is 11.3 Å². The number of nitrogens with zero attached hydrogens (tertiary/aromatic N) is 2. The van der Waals surface area contributed by atoms with Crippen molar-refractivity contribution in [3.8, 4) is 11.4 Å². The molecule has 3 aromatic rings. The van der Waals surface area contributed by atoms with Crippen LogP contribution in [0.1, 0.15) is 72.7 Å². The Kier molecular flexibility index (Phi) is 8.35. The molecule has 4 N–H and O–H groups in total. The number of halogens is 1. The molecule has 1 amide bonds. The molecule has 1 aliphatic carbocycles. The molecule has 4 rings (SSSR count). The van der Waals surface area contributed by atoms with Crippen LogP contribution in [0.3, 0.4) is 0 Å². The van der Waals surface area contributed by atoms with E-state index in [-0.39, 0.29) is 36.5 Å². The SMILES string of the molecule is C[C@@H](NC(=O)c1nc(-c2ccc(F)cc2)n(CC[C@@H](O)C[C@@H](O)CC(=O)O)c1C1CC1)c1ccccc1. The van der Waals surface area contributed by atoms with Crippen LogP contribution in [0.4, 0.5) is 4.39 Å². The highest BCUT2D eigenvalue weighted by atomic mass is 19.1. The van der Waals surface area contributed by atoms with Gasteiger partial charge in [0.15, 0.2) is 0 Å². The van der Waals surface area contributed by atoms with Gasteiger partial charge >= 0.3 is 5.97 Å². The van der Waals surface area contributed by atoms with Gasteiger partial charge in [0.1, 0.15) is 17.3 Å². The minimum atomic E-state index is -1.16. The number of aliphatic hydroxyl groups is 2. The van der Waals surface area contributed by atoms with Gasteiger partial charge < -0.3 is 25.2 Å². The van der Waals surface area contributed by atoms with Crippen LogP contribution in [0.5, 0.6) is 0 Å². The second-order valence-corrected chi connectivity index (χ2v) is 9.64. The lowest BCUT2D eigenvalue weighted by atomic mass is 10.1. The second kappa shape index (κ2) is 11.7. The first-order valence-electron chi connectivity index (χ1n) is 12.5. The summed E-state index contributed by atoms with van der Waals surface area (Å²) in [7, 11) is 0. The summed E-state index contributed by atoms with van der Waals surface area (Å²) in [6, 6.07) is 15.2. The van der Waals surface area contributed by atoms with Gasteiger partial charge in [0.2, 0.25) is 0 Å². The number of hydrogen-bond donors (Lipinski definition) is 4. The number of benzene rings is 2. The van der Waals surface area contributed by atoms with Gasteiger partial charge in [0.25, 0.3) is 5.91 Å². The molecule has 0 aliphatic heterocycles. The molecule has 8 nitrogen and oxygen atoms in total. The van der Waals surface area contributed by atoms with Crippen molar-refractivity contribution >= 4 is 11.9 Å². The molecule has 0 spiro atoms. The molecule has 196 valence electrons. The molecule has 0 radical (unpaired) electrons. The average Bonchev–Trinajstić information content (AvgIpc) is 3.63. The van der Waals surface area contributed by atoms with Crippen LogP contribution in [0.2, 0.25) is 0 Å². The molecule has 0 saturated heterocycles. The third kappa shape index (κ3) is 6.81. The van der Waals surface area contributed by atoms with Crippen LogP contribution in [-0.4, -0.2) is 49.0 Å². The molecule has 2 aromatic carbocycles. The Labute approximate surface area is 214 Å². The Balaban J connectivity index is 1.63. The van der Waals surface area contributed by atoms with Crippen molar-refractivity contribution in [2.75, 3.05) is 0 Å². The van der Waals surface area contributed by atoms with E-state index in [4.69, 9.17) is 10.1 Å². The number of carboxylic acids is 1. The minimum absolute atomic E-state index is 0.0758. The molecule has 1 aromatic heterocycles. The average molecular weight is 510 g/mol. The number of aliphatic hydroxyl groups excluding tert-OH is 2. The fourth-order valence-electron chi connectivity index (χ4n) is 4.53. The summed E-state index contributed by atoms with van der Waals surface area (Å²) in [5.74, 6) is -1.19. The van der Waals surface area contributed by atoms with E-state index in [1.54, 1.807) is 12.1 Å². The summed E-state index contributed by atoms with van der Waals surface area (Å²) in [5, 5.41) is 32.3. The van der Waals surface area contributed by atoms with Crippen molar-refractivity contribution < 1.29 is 29.3 Å². The Morgan fingerprint density at radius 3 is 2.38 bits per heavy atom. The fourth-order valence-corrected chi connectivity index (χ4v) is 4.53. The van der Waals surface area contributed by atoms with Gasteiger partial charge in [0, 0.05) is 18.0 Å². The van der Waals surface area contributed by atoms with Gasteiger partial charge in [-0.1, -0.05) is 30.3 Å². The molecule has 1 aliphatic rings. The van der Waals surface area contributed by atoms with Crippen molar-refractivity contribution in [3.05, 3.63) is 77.4 Å². The van der Waals surface area contributed by atoms with E-state index in [9.17, 15) is 24.2 Å². The molecule has 3 atom stereocenters. The lowest BCUT2D eigenvalue weighted by Gasteiger charge is -2.18. The summed E-state index contributed by atoms with van der Waals surface area (Å²) in [4.78, 5) is 29.0. The zero-order valence-corrected chi connectivity index (χ0v) is 20.7. The van der Waals surface area contributed by atoms with Gasteiger partial charge in [-0.05, 0) is 62.4 Å². The Morgan fingerprint density at radius 2 is 1.76 bits per heavy atom. The molecule has 37 heavy (non-hydrogen) atoms. The Morgan fingerprint density at radius 1 is 1.08 bits per heavy atom. The van der Waals surface area contributed by atoms with Crippen molar-refractivity contribution in [3.63, 3.8) is 0 Å². The first kappa shape index (κ1) is 26.5. The zero-order chi connectivity index (χ0) is 26.5. The van der Waals surface area contributed by atoms with E-state index in [0.717, 1.165) is 24.1 Å². The highest BCUT2D eigenvalue weighted by Gasteiger charge is 2.35. The van der Waals surface area contributed by atoms with E-state index in [1.165, 1.54) is 12.1 Å². The van der Waals surface area contributed by atoms with Crippen LogP contribution < -0.4 is 5.32 Å². The summed E-state index contributed by atoms with van der Waals surface area (Å²) in [5.41, 5.74) is 2.68. The van der Waals surface area contributed by atoms with Crippen molar-refractivity contribution in [1.82, 2.24) is 14.9 Å². The van der Waals surface area contributed by atoms with Crippen molar-refractivity contribution in [2.45, 2.75) is 69.7 Å². The van der Waals surface area contributed by atoms with Gasteiger partial charge in [0.05, 0.1) is 30.4 Å². The fraction of sp³-hybridized carbons (Fsp3) is 0.393. The number of carboxylic acid groups (broad SMARTS) is 1. The molecular formula is C28H32FN3O5. The van der Waals surface area contributed by atoms with E-state index in [2.05, 4.69) is 5.32 Å². The normalized spacial score (nSPS) is 15.7. The second-order valence-electron chi connectivity index (χ2n) is 9.64. The summed E-state index contributed by atoms with van der Waals surface area (Å²) in [6.45, 7) is 2.20. The topological polar surface area (TPSA) is 125 Å². The maximum Gasteiger partial charge on any atom is 0.305 e. The standard InChI is InChI=1S/C28H32FN3O5/c1-17(18-5-3-2-4-6-18)30-28(37)25-26(19-7-8-19)32(14-13-22(33)15-23(34)16-24(35)36)27(31-25)20-9-11-21(29)12-10-20/h2-6,9-12,17,19,22-23,33-34H,7-8,13-16H2,1H3,(H,30,37)(H,35,36)/t17-,22-,23-/m1/s1. The van der Waals surface area contributed by atoms with Crippen molar-refractivity contribution in [1.29, 1.82) is 0 Å². The number of carbonyl (C=O) groups is 2. The number of aromatic nitrogens is 2. The van der Waals surface area contributed by atoms with Crippen LogP contribution in [0.25, 0.3) is 11.4 Å². The van der Waals surface area contributed by atoms with Crippen LogP contribution in [0, 0.1) is 5.82 Å². The predicted molar refractivity (Wildman–Crippen MR) is 135 cm³/mol. The Hall–Kier alpha value is -3.56. The highest BCUT2D eigenvalue weighted by molar-refractivity contribution is 5.95. The molecular weight excluding hydrogens is 477 g/mol. The first-order chi connectivity index (χ1) is 17.7. The van der Waals surface area contributed by atoms with E-state index >= 15 is 0 Å². The molecule has 1 fully saturated rings. The monoisotopic (exact) mass is 509 g/mol. The van der Waals surface area contributed by atoms with Gasteiger partial charge in [-0.2, -0.15) is 0 Å². The number of amides is 1. The summed E-state index contributed by atoms with van der Waals surface area (Å²) < 4.78 is 15.5. The quantitative estimate of drug-likeness (QED) is 0.292. The number of aliphatic carboxylic acids is 1. The highest BCUT2D eigenvalue weighted by Crippen LogP contribution is 2.43. The van der Waals surface area contributed by atoms with E-state index in [1.807, 2.05) is 41.8 Å². The molecule has 1 heterocycles. The predicted octanol–water partition coefficient (Wildman–Crippen LogP) is 4.03. The number of rotatable bonds is 12. The lowest BCUT2D eigenvalue weighted by molar-refractivity contribution is -0.139. The van der Waals surface area contributed by atoms with Crippen molar-refractivity contribution in [2.24, 2.45) is 0 Å². The molecule has 0 bridgehead atoms. The summed E-state index contributed by atoms with van der Waals surface area (Å²) in [6.07, 6.45) is -0.585. The summed E-state index contributed by atoms with van der Waals surface area (Å²) >= 11 is 0. The third-order valence-corrected chi connectivity index (χ3v) is 6.58. The number of imidazole rings is 1. The zero-order valence-electron chi connectivity index (χ0n) is 20.7. The number of hydrogen-bond acceptors (Lipinski definition) is 5. The number of carbonyl (C=O) groups excluding carboxylic acids is 1. The third-order valence-electron chi connectivity index (χ3n) is 6.58. The van der Waals surface area contributed by atoms with Gasteiger partial charge in [-0.15, -0.1) is 0 Å². The van der Waals surface area contributed by atoms with Gasteiger partial charge in [-0.25, -0.2) is 9.37 Å². The lowest BCUT2D eigenvalue weighted by Crippen LogP contribution is -2.28. The van der Waals surface area contributed by atoms with E-state index in [0.29, 0.717) is 23.6 Å². The molecule has 9 heteroatoms. The smallest absolute Gasteiger partial charge is 0.305 e. The molecule has 0 unspecified atom stereocenters.